The number of hydrogen-bond acceptors (Lipinski definition) is 4. The zero-order chi connectivity index (χ0) is 13.6. The summed E-state index contributed by atoms with van der Waals surface area (Å²) in [4.78, 5) is 35.7. The Morgan fingerprint density at radius 2 is 2.11 bits per heavy atom. The molecule has 0 unspecified atom stereocenters. The Hall–Kier alpha value is -2.08. The number of thioether (sulfide) groups is 1. The molecule has 3 amide bonds. The third kappa shape index (κ3) is 1.94. The first-order valence-corrected chi connectivity index (χ1v) is 6.65. The fraction of sp³-hybridized carbons (Fsp3) is 0.154. The molecule has 1 N–H and O–H groups in total. The van der Waals surface area contributed by atoms with Gasteiger partial charge >= 0.3 is 0 Å². The Morgan fingerprint density at radius 3 is 2.79 bits per heavy atom. The van der Waals surface area contributed by atoms with Crippen LogP contribution in [-0.4, -0.2) is 27.7 Å². The molecule has 1 fully saturated rings. The van der Waals surface area contributed by atoms with Crippen LogP contribution < -0.4 is 5.32 Å². The van der Waals surface area contributed by atoms with Crippen LogP contribution in [-0.2, 0) is 16.1 Å². The van der Waals surface area contributed by atoms with Crippen LogP contribution in [0.1, 0.15) is 11.1 Å². The largest absolute Gasteiger partial charge is 0.321 e. The van der Waals surface area contributed by atoms with Crippen molar-refractivity contribution < 1.29 is 14.4 Å². The van der Waals surface area contributed by atoms with E-state index in [9.17, 15) is 14.4 Å². The Kier molecular flexibility index (Phi) is 2.67. The topological polar surface area (TPSA) is 66.5 Å². The highest BCUT2D eigenvalue weighted by molar-refractivity contribution is 8.14. The Bertz CT molecular complexity index is 623. The number of carbonyl (C=O) groups excluding carboxylic acids is 3. The van der Waals surface area contributed by atoms with Gasteiger partial charge in [-0.05, 0) is 17.7 Å². The van der Waals surface area contributed by atoms with Crippen LogP contribution >= 0.6 is 11.8 Å². The maximum absolute atomic E-state index is 11.5. The van der Waals surface area contributed by atoms with Crippen molar-refractivity contribution >= 4 is 40.1 Å². The summed E-state index contributed by atoms with van der Waals surface area (Å²) in [5, 5.41) is 2.47. The lowest BCUT2D eigenvalue weighted by molar-refractivity contribution is -0.125. The molecule has 2 aliphatic rings. The van der Waals surface area contributed by atoms with Crippen LogP contribution in [0, 0.1) is 0 Å². The van der Waals surface area contributed by atoms with Gasteiger partial charge in [-0.25, -0.2) is 0 Å². The number of hydrogen-bond donors (Lipinski definition) is 1. The first-order chi connectivity index (χ1) is 9.06. The summed E-state index contributed by atoms with van der Waals surface area (Å²) in [6.45, 7) is 3.95. The van der Waals surface area contributed by atoms with Gasteiger partial charge in [0.05, 0.1) is 12.3 Å². The number of nitrogens with one attached hydrogen (secondary N) is 1. The van der Waals surface area contributed by atoms with Crippen molar-refractivity contribution in [2.45, 2.75) is 6.54 Å². The average molecular weight is 274 g/mol. The maximum atomic E-state index is 11.5. The van der Waals surface area contributed by atoms with Crippen molar-refractivity contribution in [3.63, 3.8) is 0 Å². The second-order valence-corrected chi connectivity index (χ2v) is 5.27. The van der Waals surface area contributed by atoms with E-state index in [1.54, 1.807) is 18.2 Å². The fourth-order valence-corrected chi connectivity index (χ4v) is 2.81. The lowest BCUT2D eigenvalue weighted by Gasteiger charge is -2.13. The predicted octanol–water partition coefficient (Wildman–Crippen LogP) is 1.85. The van der Waals surface area contributed by atoms with Crippen molar-refractivity contribution in [3.05, 3.63) is 35.9 Å². The minimum atomic E-state index is -0.224. The molecule has 0 spiro atoms. The first-order valence-electron chi connectivity index (χ1n) is 5.67. The SMILES string of the molecule is C=C1C(=O)Nc2ccc(CN3C(=O)CSC3=O)cc21. The molecule has 0 aliphatic carbocycles. The summed E-state index contributed by atoms with van der Waals surface area (Å²) in [5.74, 6) is -0.184. The molecular formula is C13H10N2O3S. The smallest absolute Gasteiger partial charge is 0.289 e. The van der Waals surface area contributed by atoms with E-state index < -0.39 is 0 Å². The third-order valence-corrected chi connectivity index (χ3v) is 3.97. The highest BCUT2D eigenvalue weighted by Gasteiger charge is 2.30. The van der Waals surface area contributed by atoms with Gasteiger partial charge in [0.25, 0.3) is 11.1 Å². The van der Waals surface area contributed by atoms with E-state index in [0.717, 1.165) is 22.9 Å². The number of fused-ring (bicyclic) bond motifs is 1. The molecule has 0 bridgehead atoms. The van der Waals surface area contributed by atoms with Gasteiger partial charge in [-0.15, -0.1) is 0 Å². The normalized spacial score (nSPS) is 18.0. The standard InChI is InChI=1S/C13H10N2O3S/c1-7-9-4-8(2-3-10(9)14-12(7)17)5-15-11(16)6-19-13(15)18/h2-4H,1,5-6H2,(H,14,17). The summed E-state index contributed by atoms with van der Waals surface area (Å²) in [6.07, 6.45) is 0. The second-order valence-electron chi connectivity index (χ2n) is 4.35. The summed E-state index contributed by atoms with van der Waals surface area (Å²) in [6, 6.07) is 5.35. The van der Waals surface area contributed by atoms with Gasteiger partial charge in [-0.1, -0.05) is 24.4 Å². The monoisotopic (exact) mass is 274 g/mol. The van der Waals surface area contributed by atoms with Crippen LogP contribution in [0.25, 0.3) is 5.57 Å². The van der Waals surface area contributed by atoms with E-state index >= 15 is 0 Å². The van der Waals surface area contributed by atoms with E-state index in [1.807, 2.05) is 0 Å². The number of carbonyl (C=O) groups is 3. The summed E-state index contributed by atoms with van der Waals surface area (Å²) in [7, 11) is 0. The van der Waals surface area contributed by atoms with Gasteiger partial charge < -0.3 is 5.32 Å². The van der Waals surface area contributed by atoms with E-state index in [4.69, 9.17) is 0 Å². The van der Waals surface area contributed by atoms with Crippen LogP contribution in [0.3, 0.4) is 0 Å². The van der Waals surface area contributed by atoms with Gasteiger partial charge in [0.2, 0.25) is 5.91 Å². The highest BCUT2D eigenvalue weighted by atomic mass is 32.2. The molecule has 5 nitrogen and oxygen atoms in total. The molecule has 1 aromatic rings. The van der Waals surface area contributed by atoms with Gasteiger partial charge in [0.1, 0.15) is 0 Å². The van der Waals surface area contributed by atoms with E-state index in [1.165, 1.54) is 4.90 Å². The van der Waals surface area contributed by atoms with Crippen molar-refractivity contribution in [1.82, 2.24) is 4.90 Å². The molecule has 1 saturated heterocycles. The van der Waals surface area contributed by atoms with Crippen molar-refractivity contribution in [2.75, 3.05) is 11.1 Å². The lowest BCUT2D eigenvalue weighted by Crippen LogP contribution is -2.27. The zero-order valence-electron chi connectivity index (χ0n) is 9.93. The summed E-state index contributed by atoms with van der Waals surface area (Å²) in [5.41, 5.74) is 2.66. The van der Waals surface area contributed by atoms with E-state index in [0.29, 0.717) is 11.3 Å². The van der Waals surface area contributed by atoms with Crippen LogP contribution in [0.15, 0.2) is 24.8 Å². The van der Waals surface area contributed by atoms with Gasteiger partial charge in [-0.3, -0.25) is 19.3 Å². The van der Waals surface area contributed by atoms with Crippen molar-refractivity contribution in [2.24, 2.45) is 0 Å². The molecule has 1 aromatic carbocycles. The van der Waals surface area contributed by atoms with E-state index in [-0.39, 0.29) is 29.4 Å². The number of anilines is 1. The molecule has 3 rings (SSSR count). The molecule has 2 aliphatic heterocycles. The van der Waals surface area contributed by atoms with Gasteiger partial charge in [0.15, 0.2) is 0 Å². The quantitative estimate of drug-likeness (QED) is 0.836. The minimum absolute atomic E-state index is 0.177. The first kappa shape index (κ1) is 12.0. The molecular weight excluding hydrogens is 264 g/mol. The molecule has 96 valence electrons. The predicted molar refractivity (Wildman–Crippen MR) is 72.5 cm³/mol. The number of nitrogens with zero attached hydrogens (tertiary/aromatic N) is 1. The zero-order valence-corrected chi connectivity index (χ0v) is 10.8. The fourth-order valence-electron chi connectivity index (χ4n) is 2.08. The van der Waals surface area contributed by atoms with Gasteiger partial charge in [0, 0.05) is 16.8 Å². The van der Waals surface area contributed by atoms with Gasteiger partial charge in [-0.2, -0.15) is 0 Å². The number of imide groups is 1. The Morgan fingerprint density at radius 1 is 1.32 bits per heavy atom. The molecule has 0 aromatic heterocycles. The van der Waals surface area contributed by atoms with Crippen LogP contribution in [0.2, 0.25) is 0 Å². The molecule has 0 saturated carbocycles. The van der Waals surface area contributed by atoms with Crippen molar-refractivity contribution in [1.29, 1.82) is 0 Å². The second kappa shape index (κ2) is 4.24. The Balaban J connectivity index is 1.88. The highest BCUT2D eigenvalue weighted by Crippen LogP contribution is 2.32. The summed E-state index contributed by atoms with van der Waals surface area (Å²) >= 11 is 1.01. The average Bonchev–Trinajstić information content (AvgIpc) is 2.85. The summed E-state index contributed by atoms with van der Waals surface area (Å²) < 4.78 is 0. The molecule has 0 radical (unpaired) electrons. The van der Waals surface area contributed by atoms with Crippen LogP contribution in [0.4, 0.5) is 10.5 Å². The molecule has 6 heteroatoms. The minimum Gasteiger partial charge on any atom is -0.321 e. The van der Waals surface area contributed by atoms with Crippen LogP contribution in [0.5, 0.6) is 0 Å². The number of amides is 3. The van der Waals surface area contributed by atoms with E-state index in [2.05, 4.69) is 11.9 Å². The number of rotatable bonds is 2. The molecule has 19 heavy (non-hydrogen) atoms. The number of benzene rings is 1. The van der Waals surface area contributed by atoms with Crippen molar-refractivity contribution in [3.8, 4) is 0 Å². The molecule has 0 atom stereocenters. The third-order valence-electron chi connectivity index (χ3n) is 3.11. The molecule has 2 heterocycles. The lowest BCUT2D eigenvalue weighted by atomic mass is 10.1. The Labute approximate surface area is 113 Å². The maximum Gasteiger partial charge on any atom is 0.289 e.